The van der Waals surface area contributed by atoms with Crippen LogP contribution in [-0.4, -0.2) is 43.1 Å². The quantitative estimate of drug-likeness (QED) is 0.375. The normalized spacial score (nSPS) is 11.3. The molecule has 2 aromatic heterocycles. The fourth-order valence-corrected chi connectivity index (χ4v) is 3.96. The van der Waals surface area contributed by atoms with Crippen molar-refractivity contribution in [1.82, 2.24) is 29.4 Å². The molecule has 35 heavy (non-hydrogen) atoms. The van der Waals surface area contributed by atoms with Crippen LogP contribution in [0.3, 0.4) is 0 Å². The predicted molar refractivity (Wildman–Crippen MR) is 132 cm³/mol. The zero-order chi connectivity index (χ0) is 24.9. The molecule has 4 aromatic rings. The molecule has 0 radical (unpaired) electrons. The van der Waals surface area contributed by atoms with Crippen LogP contribution in [0.5, 0.6) is 0 Å². The number of aryl methyl sites for hydroxylation is 1. The molecule has 0 bridgehead atoms. The van der Waals surface area contributed by atoms with Crippen molar-refractivity contribution in [2.45, 2.75) is 45.8 Å². The number of aromatic nitrogens is 4. The van der Waals surface area contributed by atoms with Crippen LogP contribution in [0.15, 0.2) is 64.2 Å². The van der Waals surface area contributed by atoms with E-state index in [1.807, 2.05) is 44.2 Å². The summed E-state index contributed by atoms with van der Waals surface area (Å²) < 4.78 is 3.67. The number of hydrogen-bond donors (Lipinski definition) is 2. The molecule has 0 fully saturated rings. The third kappa shape index (κ3) is 5.32. The lowest BCUT2D eigenvalue weighted by molar-refractivity contribution is -0.122. The van der Waals surface area contributed by atoms with Crippen molar-refractivity contribution in [2.75, 3.05) is 6.54 Å². The molecule has 0 aliphatic rings. The first-order chi connectivity index (χ1) is 16.8. The Balaban J connectivity index is 1.62. The van der Waals surface area contributed by atoms with Gasteiger partial charge >= 0.3 is 5.69 Å². The van der Waals surface area contributed by atoms with Crippen LogP contribution >= 0.6 is 0 Å². The third-order valence-corrected chi connectivity index (χ3v) is 5.57. The molecule has 2 aromatic carbocycles. The van der Waals surface area contributed by atoms with Crippen molar-refractivity contribution in [3.8, 4) is 0 Å². The molecule has 0 aliphatic heterocycles. The van der Waals surface area contributed by atoms with Gasteiger partial charge in [-0.1, -0.05) is 42.5 Å². The van der Waals surface area contributed by atoms with E-state index in [9.17, 15) is 19.2 Å². The summed E-state index contributed by atoms with van der Waals surface area (Å²) in [4.78, 5) is 51.1. The molecule has 0 spiro atoms. The van der Waals surface area contributed by atoms with Gasteiger partial charge in [-0.3, -0.25) is 19.0 Å². The summed E-state index contributed by atoms with van der Waals surface area (Å²) in [5.41, 5.74) is 0.607. The van der Waals surface area contributed by atoms with Gasteiger partial charge in [0.15, 0.2) is 0 Å². The van der Waals surface area contributed by atoms with Gasteiger partial charge in [-0.2, -0.15) is 0 Å². The number of nitrogens with one attached hydrogen (secondary N) is 2. The summed E-state index contributed by atoms with van der Waals surface area (Å²) in [7, 11) is 0. The highest BCUT2D eigenvalue weighted by atomic mass is 16.2. The Morgan fingerprint density at radius 2 is 1.69 bits per heavy atom. The van der Waals surface area contributed by atoms with E-state index in [4.69, 9.17) is 0 Å². The highest BCUT2D eigenvalue weighted by molar-refractivity contribution is 5.80. The zero-order valence-electron chi connectivity index (χ0n) is 19.7. The molecule has 0 atom stereocenters. The second-order valence-electron chi connectivity index (χ2n) is 8.61. The van der Waals surface area contributed by atoms with Crippen LogP contribution in [0.2, 0.25) is 0 Å². The van der Waals surface area contributed by atoms with Gasteiger partial charge in [0, 0.05) is 25.6 Å². The van der Waals surface area contributed by atoms with Crippen molar-refractivity contribution in [3.05, 3.63) is 81.0 Å². The maximum absolute atomic E-state index is 13.2. The first-order valence-corrected chi connectivity index (χ1v) is 11.6. The molecule has 2 N–H and O–H groups in total. The smallest absolute Gasteiger partial charge is 0.352 e. The molecule has 2 heterocycles. The lowest BCUT2D eigenvalue weighted by Gasteiger charge is -2.11. The number of amides is 2. The minimum atomic E-state index is -0.533. The number of nitrogens with zero attached hydrogens (tertiary/aromatic N) is 4. The van der Waals surface area contributed by atoms with Crippen molar-refractivity contribution in [2.24, 2.45) is 0 Å². The lowest BCUT2D eigenvalue weighted by Crippen LogP contribution is -2.34. The third-order valence-electron chi connectivity index (χ3n) is 5.57. The number of carbonyl (C=O) groups excluding carboxylic acids is 2. The van der Waals surface area contributed by atoms with Crippen LogP contribution in [0.4, 0.5) is 0 Å². The summed E-state index contributed by atoms with van der Waals surface area (Å²) >= 11 is 0. The van der Waals surface area contributed by atoms with Crippen molar-refractivity contribution in [3.63, 3.8) is 0 Å². The molecular weight excluding hydrogens is 448 g/mol. The Hall–Kier alpha value is -4.21. The minimum Gasteiger partial charge on any atom is -0.354 e. The minimum absolute atomic E-state index is 0.0296. The number of carbonyl (C=O) groups is 2. The number of benzene rings is 2. The van der Waals surface area contributed by atoms with Crippen LogP contribution in [0, 0.1) is 0 Å². The van der Waals surface area contributed by atoms with E-state index in [-0.39, 0.29) is 48.7 Å². The SMILES string of the molecule is CC(C)NC(=O)CCn1c(=O)c2ccccc2n2c(=O)n(CC(=O)NCCc3ccccc3)nc12. The van der Waals surface area contributed by atoms with Crippen molar-refractivity contribution < 1.29 is 9.59 Å². The molecule has 4 rings (SSSR count). The molecule has 0 saturated heterocycles. The predicted octanol–water partition coefficient (Wildman–Crippen LogP) is 1.08. The molecule has 10 nitrogen and oxygen atoms in total. The van der Waals surface area contributed by atoms with Gasteiger partial charge in [0.2, 0.25) is 17.6 Å². The first kappa shape index (κ1) is 23.9. The second kappa shape index (κ2) is 10.4. The maximum Gasteiger partial charge on any atom is 0.352 e. The average molecular weight is 477 g/mol. The maximum atomic E-state index is 13.2. The molecule has 2 amide bonds. The van der Waals surface area contributed by atoms with E-state index >= 15 is 0 Å². The summed E-state index contributed by atoms with van der Waals surface area (Å²) in [5, 5.41) is 10.2. The fraction of sp³-hybridized carbons (Fsp3) is 0.320. The van der Waals surface area contributed by atoms with Gasteiger partial charge in [-0.15, -0.1) is 5.10 Å². The molecular formula is C25H28N6O4. The Labute approximate surface area is 201 Å². The van der Waals surface area contributed by atoms with E-state index < -0.39 is 5.69 Å². The van der Waals surface area contributed by atoms with Crippen molar-refractivity contribution >= 4 is 28.5 Å². The van der Waals surface area contributed by atoms with Crippen LogP contribution in [-0.2, 0) is 29.1 Å². The molecule has 0 aliphatic carbocycles. The van der Waals surface area contributed by atoms with Gasteiger partial charge in [0.05, 0.1) is 10.9 Å². The summed E-state index contributed by atoms with van der Waals surface area (Å²) in [6.45, 7) is 3.88. The zero-order valence-corrected chi connectivity index (χ0v) is 19.7. The standard InChI is InChI=1S/C25H28N6O4/c1-17(2)27-21(32)13-15-29-23(34)19-10-6-7-11-20(19)31-24(29)28-30(25(31)35)16-22(33)26-14-12-18-8-4-3-5-9-18/h3-11,17H,12-16H2,1-2H3,(H,26,33)(H,27,32). The largest absolute Gasteiger partial charge is 0.354 e. The summed E-state index contributed by atoms with van der Waals surface area (Å²) in [6.07, 6.45) is 0.711. The Kier molecular flexibility index (Phi) is 7.09. The fourth-order valence-electron chi connectivity index (χ4n) is 3.96. The Bertz CT molecular complexity index is 1480. The molecule has 0 saturated carbocycles. The van der Waals surface area contributed by atoms with E-state index in [1.54, 1.807) is 24.3 Å². The molecule has 0 unspecified atom stereocenters. The van der Waals surface area contributed by atoms with Crippen LogP contribution in [0.1, 0.15) is 25.8 Å². The van der Waals surface area contributed by atoms with Gasteiger partial charge in [0.1, 0.15) is 6.54 Å². The Morgan fingerprint density at radius 3 is 2.43 bits per heavy atom. The Morgan fingerprint density at radius 1 is 0.971 bits per heavy atom. The number of para-hydroxylation sites is 1. The van der Waals surface area contributed by atoms with E-state index in [0.717, 1.165) is 10.2 Å². The highest BCUT2D eigenvalue weighted by Gasteiger charge is 2.19. The second-order valence-corrected chi connectivity index (χ2v) is 8.61. The van der Waals surface area contributed by atoms with E-state index in [2.05, 4.69) is 15.7 Å². The molecule has 182 valence electrons. The highest BCUT2D eigenvalue weighted by Crippen LogP contribution is 2.11. The van der Waals surface area contributed by atoms with Crippen LogP contribution < -0.4 is 21.9 Å². The number of hydrogen-bond acceptors (Lipinski definition) is 5. The van der Waals surface area contributed by atoms with Crippen molar-refractivity contribution in [1.29, 1.82) is 0 Å². The molecule has 10 heteroatoms. The van der Waals surface area contributed by atoms with Gasteiger partial charge in [-0.05, 0) is 38.0 Å². The topological polar surface area (TPSA) is 120 Å². The lowest BCUT2D eigenvalue weighted by atomic mass is 10.1. The van der Waals surface area contributed by atoms with Crippen LogP contribution in [0.25, 0.3) is 16.7 Å². The number of rotatable bonds is 9. The number of fused-ring (bicyclic) bond motifs is 3. The monoisotopic (exact) mass is 476 g/mol. The first-order valence-electron chi connectivity index (χ1n) is 11.6. The van der Waals surface area contributed by atoms with E-state index in [1.165, 1.54) is 8.97 Å². The van der Waals surface area contributed by atoms with Gasteiger partial charge in [0.25, 0.3) is 5.56 Å². The average Bonchev–Trinajstić information content (AvgIpc) is 3.15. The van der Waals surface area contributed by atoms with Gasteiger partial charge in [-0.25, -0.2) is 13.9 Å². The van der Waals surface area contributed by atoms with E-state index in [0.29, 0.717) is 23.9 Å². The summed E-state index contributed by atoms with van der Waals surface area (Å²) in [6, 6.07) is 16.4. The van der Waals surface area contributed by atoms with Gasteiger partial charge < -0.3 is 10.6 Å². The summed E-state index contributed by atoms with van der Waals surface area (Å²) in [5.74, 6) is -0.480.